The number of piperidine rings is 1. The molecule has 1 saturated heterocycles. The van der Waals surface area contributed by atoms with Gasteiger partial charge in [0.05, 0.1) is 16.3 Å². The van der Waals surface area contributed by atoms with Gasteiger partial charge in [-0.2, -0.15) is 12.7 Å². The fourth-order valence-corrected chi connectivity index (χ4v) is 4.09. The van der Waals surface area contributed by atoms with Gasteiger partial charge in [-0.15, -0.1) is 0 Å². The Morgan fingerprint density at radius 2 is 1.81 bits per heavy atom. The fourth-order valence-electron chi connectivity index (χ4n) is 2.14. The second-order valence-corrected chi connectivity index (χ2v) is 7.20. The number of anilines is 1. The van der Waals surface area contributed by atoms with Crippen molar-refractivity contribution in [2.75, 3.05) is 17.8 Å². The maximum atomic E-state index is 12.3. The predicted octanol–water partition coefficient (Wildman–Crippen LogP) is 2.83. The summed E-state index contributed by atoms with van der Waals surface area (Å²) >= 11 is 11.7. The Labute approximate surface area is 132 Å². The largest absolute Gasteiger partial charge is 0.478 e. The highest BCUT2D eigenvalue weighted by Crippen LogP contribution is 2.31. The summed E-state index contributed by atoms with van der Waals surface area (Å²) in [7, 11) is -3.84. The highest BCUT2D eigenvalue weighted by Gasteiger charge is 2.27. The number of carboxylic acid groups (broad SMARTS) is 1. The zero-order chi connectivity index (χ0) is 15.6. The number of carboxylic acids is 1. The molecule has 0 saturated carbocycles. The van der Waals surface area contributed by atoms with Crippen LogP contribution in [0.5, 0.6) is 0 Å². The molecular formula is C12H14Cl2N2O4S. The third-order valence-electron chi connectivity index (χ3n) is 3.17. The van der Waals surface area contributed by atoms with E-state index >= 15 is 0 Å². The lowest BCUT2D eigenvalue weighted by atomic mass is 10.2. The molecule has 1 fully saturated rings. The predicted molar refractivity (Wildman–Crippen MR) is 81.4 cm³/mol. The van der Waals surface area contributed by atoms with E-state index in [0.717, 1.165) is 25.3 Å². The zero-order valence-electron chi connectivity index (χ0n) is 11.0. The summed E-state index contributed by atoms with van der Waals surface area (Å²) in [5.74, 6) is -1.31. The van der Waals surface area contributed by atoms with Crippen molar-refractivity contribution < 1.29 is 18.3 Å². The highest BCUT2D eigenvalue weighted by molar-refractivity contribution is 7.90. The van der Waals surface area contributed by atoms with Gasteiger partial charge in [-0.05, 0) is 25.0 Å². The molecule has 0 spiro atoms. The summed E-state index contributed by atoms with van der Waals surface area (Å²) < 4.78 is 28.1. The standard InChI is InChI=1S/C12H14Cl2N2O4S/c13-8-6-9(12(17)18)11(10(14)7-8)15-21(19,20)16-4-2-1-3-5-16/h6-7,15H,1-5H2,(H,17,18). The normalized spacial score (nSPS) is 16.7. The fraction of sp³-hybridized carbons (Fsp3) is 0.417. The van der Waals surface area contributed by atoms with Gasteiger partial charge in [0, 0.05) is 18.1 Å². The van der Waals surface area contributed by atoms with Crippen molar-refractivity contribution in [2.24, 2.45) is 0 Å². The third kappa shape index (κ3) is 3.79. The molecule has 1 aromatic rings. The molecule has 116 valence electrons. The molecule has 6 nitrogen and oxygen atoms in total. The Morgan fingerprint density at radius 3 is 2.38 bits per heavy atom. The average Bonchev–Trinajstić information content (AvgIpc) is 2.42. The maximum Gasteiger partial charge on any atom is 0.337 e. The number of halogens is 2. The van der Waals surface area contributed by atoms with Crippen molar-refractivity contribution in [3.8, 4) is 0 Å². The van der Waals surface area contributed by atoms with Crippen LogP contribution in [0.3, 0.4) is 0 Å². The number of benzene rings is 1. The van der Waals surface area contributed by atoms with E-state index in [0.29, 0.717) is 13.1 Å². The van der Waals surface area contributed by atoms with Gasteiger partial charge in [0.1, 0.15) is 0 Å². The minimum absolute atomic E-state index is 0.0551. The van der Waals surface area contributed by atoms with E-state index in [4.69, 9.17) is 28.3 Å². The Bertz CT molecular complexity index is 657. The number of carbonyl (C=O) groups is 1. The van der Waals surface area contributed by atoms with Crippen LogP contribution in [0.4, 0.5) is 5.69 Å². The molecular weight excluding hydrogens is 339 g/mol. The molecule has 0 unspecified atom stereocenters. The first-order chi connectivity index (χ1) is 9.81. The van der Waals surface area contributed by atoms with E-state index < -0.39 is 16.2 Å². The van der Waals surface area contributed by atoms with Gasteiger partial charge in [0.15, 0.2) is 0 Å². The van der Waals surface area contributed by atoms with Crippen molar-refractivity contribution in [2.45, 2.75) is 19.3 Å². The van der Waals surface area contributed by atoms with Gasteiger partial charge in [0.2, 0.25) is 0 Å². The Kier molecular flexibility index (Phi) is 4.98. The van der Waals surface area contributed by atoms with Crippen LogP contribution in [0.1, 0.15) is 29.6 Å². The molecule has 1 heterocycles. The molecule has 0 aliphatic carbocycles. The van der Waals surface area contributed by atoms with E-state index in [2.05, 4.69) is 4.72 Å². The zero-order valence-corrected chi connectivity index (χ0v) is 13.3. The van der Waals surface area contributed by atoms with Gasteiger partial charge < -0.3 is 5.11 Å². The average molecular weight is 353 g/mol. The smallest absolute Gasteiger partial charge is 0.337 e. The number of nitrogens with one attached hydrogen (secondary N) is 1. The van der Waals surface area contributed by atoms with E-state index in [9.17, 15) is 13.2 Å². The van der Waals surface area contributed by atoms with Crippen LogP contribution >= 0.6 is 23.2 Å². The monoisotopic (exact) mass is 352 g/mol. The van der Waals surface area contributed by atoms with Gasteiger partial charge >= 0.3 is 16.2 Å². The van der Waals surface area contributed by atoms with Crippen LogP contribution in [0.25, 0.3) is 0 Å². The lowest BCUT2D eigenvalue weighted by Gasteiger charge is -2.26. The van der Waals surface area contributed by atoms with Crippen molar-refractivity contribution in [1.82, 2.24) is 4.31 Å². The van der Waals surface area contributed by atoms with Crippen molar-refractivity contribution >= 4 is 45.1 Å². The summed E-state index contributed by atoms with van der Waals surface area (Å²) in [6.07, 6.45) is 2.54. The lowest BCUT2D eigenvalue weighted by Crippen LogP contribution is -2.39. The van der Waals surface area contributed by atoms with Crippen molar-refractivity contribution in [1.29, 1.82) is 0 Å². The number of hydrogen-bond donors (Lipinski definition) is 2. The topological polar surface area (TPSA) is 86.7 Å². The molecule has 21 heavy (non-hydrogen) atoms. The molecule has 9 heteroatoms. The summed E-state index contributed by atoms with van der Waals surface area (Å²) in [6, 6.07) is 2.45. The van der Waals surface area contributed by atoms with E-state index in [-0.39, 0.29) is 21.3 Å². The van der Waals surface area contributed by atoms with Gasteiger partial charge in [-0.3, -0.25) is 4.72 Å². The SMILES string of the molecule is O=C(O)c1cc(Cl)cc(Cl)c1NS(=O)(=O)N1CCCCC1. The Hall–Kier alpha value is -1.02. The quantitative estimate of drug-likeness (QED) is 0.872. The number of rotatable bonds is 4. The van der Waals surface area contributed by atoms with Crippen LogP contribution in [0.2, 0.25) is 10.0 Å². The molecule has 0 amide bonds. The number of aromatic carboxylic acids is 1. The lowest BCUT2D eigenvalue weighted by molar-refractivity contribution is 0.0698. The van der Waals surface area contributed by atoms with Crippen LogP contribution in [-0.4, -0.2) is 36.9 Å². The Morgan fingerprint density at radius 1 is 1.19 bits per heavy atom. The highest BCUT2D eigenvalue weighted by atomic mass is 35.5. The number of hydrogen-bond acceptors (Lipinski definition) is 3. The first kappa shape index (κ1) is 16.4. The molecule has 0 aromatic heterocycles. The van der Waals surface area contributed by atoms with Gasteiger partial charge in [0.25, 0.3) is 0 Å². The van der Waals surface area contributed by atoms with Crippen molar-refractivity contribution in [3.63, 3.8) is 0 Å². The summed E-state index contributed by atoms with van der Waals surface area (Å²) in [4.78, 5) is 11.2. The van der Waals surface area contributed by atoms with Crippen LogP contribution < -0.4 is 4.72 Å². The van der Waals surface area contributed by atoms with Crippen LogP contribution in [0.15, 0.2) is 12.1 Å². The summed E-state index contributed by atoms with van der Waals surface area (Å²) in [6.45, 7) is 0.811. The summed E-state index contributed by atoms with van der Waals surface area (Å²) in [5, 5.41) is 9.22. The molecule has 0 radical (unpaired) electrons. The third-order valence-corrected chi connectivity index (χ3v) is 5.19. The van der Waals surface area contributed by atoms with E-state index in [1.54, 1.807) is 0 Å². The van der Waals surface area contributed by atoms with Crippen LogP contribution in [0, 0.1) is 0 Å². The molecule has 1 aliphatic rings. The molecule has 1 aromatic carbocycles. The van der Waals surface area contributed by atoms with E-state index in [1.165, 1.54) is 10.4 Å². The molecule has 0 atom stereocenters. The minimum atomic E-state index is -3.84. The van der Waals surface area contributed by atoms with E-state index in [1.807, 2.05) is 0 Å². The first-order valence-corrected chi connectivity index (χ1v) is 8.51. The second kappa shape index (κ2) is 6.39. The summed E-state index contributed by atoms with van der Waals surface area (Å²) in [5.41, 5.74) is -0.452. The van der Waals surface area contributed by atoms with Crippen LogP contribution in [-0.2, 0) is 10.2 Å². The second-order valence-electron chi connectivity index (χ2n) is 4.68. The molecule has 2 N–H and O–H groups in total. The molecule has 2 rings (SSSR count). The minimum Gasteiger partial charge on any atom is -0.478 e. The molecule has 0 bridgehead atoms. The van der Waals surface area contributed by atoms with Gasteiger partial charge in [-0.25, -0.2) is 4.79 Å². The maximum absolute atomic E-state index is 12.3. The first-order valence-electron chi connectivity index (χ1n) is 6.31. The molecule has 1 aliphatic heterocycles. The van der Waals surface area contributed by atoms with Gasteiger partial charge in [-0.1, -0.05) is 29.6 Å². The Balaban J connectivity index is 2.36. The number of nitrogens with zero attached hydrogens (tertiary/aromatic N) is 1. The van der Waals surface area contributed by atoms with Crippen molar-refractivity contribution in [3.05, 3.63) is 27.7 Å².